The van der Waals surface area contributed by atoms with E-state index in [1.54, 1.807) is 6.07 Å². The summed E-state index contributed by atoms with van der Waals surface area (Å²) in [5.41, 5.74) is 18.4. The van der Waals surface area contributed by atoms with Gasteiger partial charge in [0.1, 0.15) is 24.2 Å². The highest BCUT2D eigenvalue weighted by molar-refractivity contribution is 6.08. The van der Waals surface area contributed by atoms with E-state index >= 15 is 0 Å². The van der Waals surface area contributed by atoms with Crippen LogP contribution in [-0.4, -0.2) is 67.3 Å². The molecule has 10 N–H and O–H groups in total. The Balaban J connectivity index is 0.652. The van der Waals surface area contributed by atoms with Crippen LogP contribution in [0, 0.1) is 29.6 Å². The quantitative estimate of drug-likeness (QED) is 0.0377. The number of nitrogens with one attached hydrogen (secondary N) is 3. The van der Waals surface area contributed by atoms with Gasteiger partial charge in [-0.25, -0.2) is 0 Å². The summed E-state index contributed by atoms with van der Waals surface area (Å²) in [4.78, 5) is 6.95. The lowest BCUT2D eigenvalue weighted by molar-refractivity contribution is 0.0647. The number of allylic oxidation sites excluding steroid dienone is 1. The van der Waals surface area contributed by atoms with Crippen LogP contribution in [0.25, 0.3) is 27.2 Å². The van der Waals surface area contributed by atoms with Gasteiger partial charge in [0.05, 0.1) is 18.8 Å². The van der Waals surface area contributed by atoms with Gasteiger partial charge in [-0.1, -0.05) is 56.4 Å². The predicted molar refractivity (Wildman–Crippen MR) is 275 cm³/mol. The normalized spacial score (nSPS) is 25.9. The number of aromatic hydroxyl groups is 1. The van der Waals surface area contributed by atoms with Crippen molar-refractivity contribution in [2.45, 2.75) is 147 Å². The molecule has 70 heavy (non-hydrogen) atoms. The van der Waals surface area contributed by atoms with Crippen molar-refractivity contribution in [3.05, 3.63) is 123 Å². The molecular formula is C59H74N4O7. The van der Waals surface area contributed by atoms with Crippen molar-refractivity contribution < 1.29 is 34.7 Å². The van der Waals surface area contributed by atoms with E-state index < -0.39 is 18.3 Å². The average Bonchev–Trinajstić information content (AvgIpc) is 4.19. The predicted octanol–water partition coefficient (Wildman–Crippen LogP) is 9.90. The van der Waals surface area contributed by atoms with Crippen molar-refractivity contribution in [3.8, 4) is 11.5 Å². The van der Waals surface area contributed by atoms with Gasteiger partial charge in [0.25, 0.3) is 0 Å². The number of fused-ring (bicyclic) bond motifs is 4. The van der Waals surface area contributed by atoms with Gasteiger partial charge < -0.3 is 55.7 Å². The number of aryl methyl sites for hydroxylation is 5. The molecule has 10 unspecified atom stereocenters. The molecule has 11 nitrogen and oxygen atoms in total. The number of aliphatic hydroxyl groups excluding tert-OH is 4. The number of hydrogen-bond donors (Lipinski definition) is 9. The molecule has 2 fully saturated rings. The van der Waals surface area contributed by atoms with E-state index in [0.29, 0.717) is 48.8 Å². The third kappa shape index (κ3) is 9.38. The number of aromatic nitrogens is 2. The average molecular weight is 951 g/mol. The van der Waals surface area contributed by atoms with E-state index in [4.69, 9.17) is 14.9 Å². The van der Waals surface area contributed by atoms with Crippen molar-refractivity contribution in [1.82, 2.24) is 15.3 Å². The topological polar surface area (TPSA) is 193 Å². The summed E-state index contributed by atoms with van der Waals surface area (Å²) in [5, 5.41) is 61.6. The second kappa shape index (κ2) is 20.3. The zero-order valence-electron chi connectivity index (χ0n) is 40.9. The van der Waals surface area contributed by atoms with Gasteiger partial charge in [-0.3, -0.25) is 0 Å². The van der Waals surface area contributed by atoms with Crippen LogP contribution in [0.4, 0.5) is 0 Å². The number of furan rings is 1. The van der Waals surface area contributed by atoms with Gasteiger partial charge in [-0.2, -0.15) is 0 Å². The number of rotatable bonds is 18. The lowest BCUT2D eigenvalue weighted by atomic mass is 9.65. The fraction of sp³-hybridized carbons (Fsp3) is 0.525. The lowest BCUT2D eigenvalue weighted by Crippen LogP contribution is -2.42. The Bertz CT molecular complexity index is 2840. The summed E-state index contributed by atoms with van der Waals surface area (Å²) in [5.74, 6) is 4.55. The fourth-order valence-corrected chi connectivity index (χ4v) is 14.0. The Labute approximate surface area is 411 Å². The molecule has 372 valence electrons. The van der Waals surface area contributed by atoms with Crippen LogP contribution in [0.2, 0.25) is 0 Å². The molecule has 0 bridgehead atoms. The molecule has 0 radical (unpaired) electrons. The Morgan fingerprint density at radius 2 is 1.81 bits per heavy atom. The molecule has 3 aromatic carbocycles. The number of unbranched alkanes of at least 4 members (excludes halogenated alkanes) is 1. The smallest absolute Gasteiger partial charge is 0.161 e. The Morgan fingerprint density at radius 1 is 0.914 bits per heavy atom. The summed E-state index contributed by atoms with van der Waals surface area (Å²) in [6.45, 7) is 3.11. The molecule has 0 saturated heterocycles. The first-order valence-corrected chi connectivity index (χ1v) is 26.7. The Morgan fingerprint density at radius 3 is 2.67 bits per heavy atom. The van der Waals surface area contributed by atoms with Gasteiger partial charge in [-0.05, 0) is 169 Å². The van der Waals surface area contributed by atoms with Crippen LogP contribution >= 0.6 is 0 Å². The third-order valence-electron chi connectivity index (χ3n) is 17.6. The van der Waals surface area contributed by atoms with Crippen LogP contribution in [0.15, 0.2) is 71.3 Å². The molecule has 11 heteroatoms. The maximum Gasteiger partial charge on any atom is 0.161 e. The standard InChI is InChI=1S/C59H74N4O7/c1-33(65)29-61-30-48-41-7-4-6-36(41)14-19-50-46(48)28-52(63-50)54(67)32-69-56-24-35(11-20-53(56)66)9-15-40-25-39(31-64)55(70-40)8-3-2-5-34-10-16-42(49(60)23-34)47-26-37-12-17-44-43-21-22-62-51(43)27-38-13-18-45(59(47)68)58(37)57(38)44/h11,13,18,20-22,24-28,33-34,36,41-42,47-49,54,59,61-68H,2-10,12,14-17,19,23,29-32,60H2,1H3. The lowest BCUT2D eigenvalue weighted by Gasteiger charge is -2.42. The number of ether oxygens (including phenoxy) is 1. The number of phenols is 1. The highest BCUT2D eigenvalue weighted by Gasteiger charge is 2.41. The molecule has 11 rings (SSSR count). The molecule has 5 aliphatic carbocycles. The second-order valence-corrected chi connectivity index (χ2v) is 22.0. The molecule has 0 spiro atoms. The van der Waals surface area contributed by atoms with E-state index in [1.807, 2.05) is 31.3 Å². The SMILES string of the molecule is CC(O)CNCC1c2cc(C(O)COc3cc(CCc4cc(CO)c(CCCCC5CCC(C6C=C7CCc8c9cc[nH]c9cc9ccc(c7c89)C6O)C(N)C5)o4)ccc3O)[nH]c2CCC2CCCC21. The molecular weight excluding hydrogens is 877 g/mol. The largest absolute Gasteiger partial charge is 0.504 e. The van der Waals surface area contributed by atoms with Gasteiger partial charge in [0.15, 0.2) is 11.5 Å². The molecule has 10 atom stereocenters. The first kappa shape index (κ1) is 47.4. The van der Waals surface area contributed by atoms with E-state index in [2.05, 4.69) is 51.7 Å². The molecule has 0 amide bonds. The minimum absolute atomic E-state index is 0.00192. The molecule has 3 heterocycles. The molecule has 5 aliphatic rings. The number of phenolic OH excluding ortho intramolecular Hbond substituents is 1. The number of aromatic amines is 2. The molecule has 6 aromatic rings. The number of hydrogen-bond acceptors (Lipinski definition) is 9. The van der Waals surface area contributed by atoms with Crippen LogP contribution in [0.1, 0.15) is 152 Å². The van der Waals surface area contributed by atoms with Crippen LogP contribution < -0.4 is 15.8 Å². The minimum Gasteiger partial charge on any atom is -0.504 e. The van der Waals surface area contributed by atoms with Crippen molar-refractivity contribution >= 4 is 27.2 Å². The summed E-state index contributed by atoms with van der Waals surface area (Å²) in [6, 6.07) is 18.3. The summed E-state index contributed by atoms with van der Waals surface area (Å²) in [7, 11) is 0. The molecule has 3 aromatic heterocycles. The fourth-order valence-electron chi connectivity index (χ4n) is 14.0. The van der Waals surface area contributed by atoms with Crippen molar-refractivity contribution in [2.24, 2.45) is 35.3 Å². The summed E-state index contributed by atoms with van der Waals surface area (Å²) < 4.78 is 12.4. The van der Waals surface area contributed by atoms with E-state index in [-0.39, 0.29) is 36.8 Å². The number of H-pyrrole nitrogens is 2. The van der Waals surface area contributed by atoms with E-state index in [1.165, 1.54) is 68.9 Å². The number of nitrogens with two attached hydrogens (primary N) is 1. The molecule has 2 saturated carbocycles. The number of aliphatic hydroxyl groups is 4. The zero-order chi connectivity index (χ0) is 48.0. The van der Waals surface area contributed by atoms with Gasteiger partial charge in [0.2, 0.25) is 0 Å². The van der Waals surface area contributed by atoms with Gasteiger partial charge >= 0.3 is 0 Å². The van der Waals surface area contributed by atoms with Gasteiger partial charge in [-0.15, -0.1) is 0 Å². The summed E-state index contributed by atoms with van der Waals surface area (Å²) >= 11 is 0. The number of benzene rings is 3. The zero-order valence-corrected chi connectivity index (χ0v) is 40.9. The van der Waals surface area contributed by atoms with E-state index in [0.717, 1.165) is 111 Å². The first-order chi connectivity index (χ1) is 34.1. The van der Waals surface area contributed by atoms with Gasteiger partial charge in [0, 0.05) is 77.9 Å². The summed E-state index contributed by atoms with van der Waals surface area (Å²) in [6.07, 6.45) is 18.9. The molecule has 0 aliphatic heterocycles. The Kier molecular flexibility index (Phi) is 13.8. The van der Waals surface area contributed by atoms with Crippen molar-refractivity contribution in [3.63, 3.8) is 0 Å². The maximum atomic E-state index is 11.9. The Hall–Kier alpha value is -4.88. The highest BCUT2D eigenvalue weighted by Crippen LogP contribution is 2.52. The monoisotopic (exact) mass is 951 g/mol. The van der Waals surface area contributed by atoms with Crippen LogP contribution in [-0.2, 0) is 38.7 Å². The van der Waals surface area contributed by atoms with Crippen LogP contribution in [0.5, 0.6) is 11.5 Å². The first-order valence-electron chi connectivity index (χ1n) is 26.7. The van der Waals surface area contributed by atoms with Crippen molar-refractivity contribution in [1.29, 1.82) is 0 Å². The van der Waals surface area contributed by atoms with Crippen LogP contribution in [0.3, 0.4) is 0 Å². The second-order valence-electron chi connectivity index (χ2n) is 22.0. The highest BCUT2D eigenvalue weighted by atomic mass is 16.5. The third-order valence-corrected chi connectivity index (χ3v) is 17.6. The minimum atomic E-state index is -0.889. The van der Waals surface area contributed by atoms with Crippen molar-refractivity contribution in [2.75, 3.05) is 19.7 Å². The maximum absolute atomic E-state index is 11.9. The van der Waals surface area contributed by atoms with E-state index in [9.17, 15) is 25.5 Å².